The second-order valence-corrected chi connectivity index (χ2v) is 7.32. The van der Waals surface area contributed by atoms with Gasteiger partial charge in [-0.05, 0) is 48.1 Å². The van der Waals surface area contributed by atoms with E-state index in [-0.39, 0.29) is 0 Å². The van der Waals surface area contributed by atoms with Gasteiger partial charge in [0.2, 0.25) is 0 Å². The summed E-state index contributed by atoms with van der Waals surface area (Å²) in [6, 6.07) is 6.10. The van der Waals surface area contributed by atoms with Crippen LogP contribution in [-0.4, -0.2) is 16.6 Å². The highest BCUT2D eigenvalue weighted by molar-refractivity contribution is 7.46. The van der Waals surface area contributed by atoms with E-state index in [2.05, 4.69) is 25.3 Å². The minimum Gasteiger partial charge on any atom is -0.466 e. The van der Waals surface area contributed by atoms with Crippen LogP contribution in [0.1, 0.15) is 63.0 Å². The van der Waals surface area contributed by atoms with E-state index in [4.69, 9.17) is 14.5 Å². The van der Waals surface area contributed by atoms with Crippen molar-refractivity contribution in [2.24, 2.45) is 5.92 Å². The second kappa shape index (κ2) is 7.14. The summed E-state index contributed by atoms with van der Waals surface area (Å²) in [4.78, 5) is 17.6. The molecule has 1 aromatic rings. The third-order valence-electron chi connectivity index (χ3n) is 4.46. The van der Waals surface area contributed by atoms with Gasteiger partial charge in [0.25, 0.3) is 0 Å². The lowest BCUT2D eigenvalue weighted by molar-refractivity contribution is 0.0808. The van der Waals surface area contributed by atoms with E-state index in [1.807, 2.05) is 18.2 Å². The molecule has 1 saturated carbocycles. The van der Waals surface area contributed by atoms with Crippen LogP contribution in [0.4, 0.5) is 0 Å². The summed E-state index contributed by atoms with van der Waals surface area (Å²) in [7, 11) is -4.52. The SMILES string of the molecule is CC[C@@H](C)c1cccc([C@H](C)C2CC2)c1OCOP(=O)(O)O. The molecule has 2 N–H and O–H groups in total. The molecule has 0 spiro atoms. The summed E-state index contributed by atoms with van der Waals surface area (Å²) in [6.45, 7) is 5.97. The van der Waals surface area contributed by atoms with Crippen molar-refractivity contribution in [2.45, 2.75) is 51.9 Å². The lowest BCUT2D eigenvalue weighted by Crippen LogP contribution is -2.09. The van der Waals surface area contributed by atoms with Gasteiger partial charge >= 0.3 is 7.82 Å². The van der Waals surface area contributed by atoms with Crippen molar-refractivity contribution in [3.8, 4) is 5.75 Å². The summed E-state index contributed by atoms with van der Waals surface area (Å²) >= 11 is 0. The highest BCUT2D eigenvalue weighted by Gasteiger charge is 2.31. The first-order valence-corrected chi connectivity index (χ1v) is 9.32. The van der Waals surface area contributed by atoms with Crippen LogP contribution < -0.4 is 4.74 Å². The minimum atomic E-state index is -4.52. The van der Waals surface area contributed by atoms with Gasteiger partial charge in [-0.1, -0.05) is 39.0 Å². The summed E-state index contributed by atoms with van der Waals surface area (Å²) < 4.78 is 20.9. The van der Waals surface area contributed by atoms with Gasteiger partial charge < -0.3 is 14.5 Å². The number of phosphoric acid groups is 1. The number of ether oxygens (including phenoxy) is 1. The Hall–Kier alpha value is -0.870. The number of hydrogen-bond acceptors (Lipinski definition) is 3. The van der Waals surface area contributed by atoms with Crippen molar-refractivity contribution < 1.29 is 23.6 Å². The molecule has 0 amide bonds. The zero-order valence-electron chi connectivity index (χ0n) is 13.4. The lowest BCUT2D eigenvalue weighted by atomic mass is 9.89. The van der Waals surface area contributed by atoms with E-state index >= 15 is 0 Å². The fraction of sp³-hybridized carbons (Fsp3) is 0.625. The van der Waals surface area contributed by atoms with Crippen molar-refractivity contribution in [1.29, 1.82) is 0 Å². The standard InChI is InChI=1S/C16H25O5P/c1-4-11(2)14-6-5-7-15(12(3)13-8-9-13)16(14)20-10-21-22(17,18)19/h5-7,11-13H,4,8-10H2,1-3H3,(H2,17,18,19)/t11-,12-/m1/s1. The van der Waals surface area contributed by atoms with Gasteiger partial charge in [-0.15, -0.1) is 0 Å². The molecule has 5 nitrogen and oxygen atoms in total. The Kier molecular flexibility index (Phi) is 5.67. The highest BCUT2D eigenvalue weighted by Crippen LogP contribution is 2.47. The van der Waals surface area contributed by atoms with E-state index in [0.717, 1.165) is 23.3 Å². The van der Waals surface area contributed by atoms with Crippen LogP contribution >= 0.6 is 7.82 Å². The molecule has 2 atom stereocenters. The lowest BCUT2D eigenvalue weighted by Gasteiger charge is -2.22. The molecule has 6 heteroatoms. The zero-order chi connectivity index (χ0) is 16.3. The maximum atomic E-state index is 10.8. The van der Waals surface area contributed by atoms with Crippen LogP contribution in [0.25, 0.3) is 0 Å². The van der Waals surface area contributed by atoms with Crippen LogP contribution in [0.3, 0.4) is 0 Å². The van der Waals surface area contributed by atoms with Crippen LogP contribution in [-0.2, 0) is 9.09 Å². The van der Waals surface area contributed by atoms with Crippen LogP contribution in [0, 0.1) is 5.92 Å². The number of hydrogen-bond donors (Lipinski definition) is 2. The molecule has 0 heterocycles. The predicted molar refractivity (Wildman–Crippen MR) is 84.9 cm³/mol. The van der Waals surface area contributed by atoms with E-state index in [9.17, 15) is 4.57 Å². The largest absolute Gasteiger partial charge is 0.472 e. The molecule has 0 bridgehead atoms. The first-order valence-electron chi connectivity index (χ1n) is 7.79. The van der Waals surface area contributed by atoms with Crippen LogP contribution in [0.15, 0.2) is 18.2 Å². The van der Waals surface area contributed by atoms with E-state index in [1.54, 1.807) is 0 Å². The van der Waals surface area contributed by atoms with Gasteiger partial charge in [0, 0.05) is 0 Å². The molecule has 124 valence electrons. The van der Waals surface area contributed by atoms with Gasteiger partial charge in [0.15, 0.2) is 6.79 Å². The summed E-state index contributed by atoms with van der Waals surface area (Å²) in [6.07, 6.45) is 3.43. The van der Waals surface area contributed by atoms with Crippen molar-refractivity contribution in [1.82, 2.24) is 0 Å². The Morgan fingerprint density at radius 2 is 1.91 bits per heavy atom. The Morgan fingerprint density at radius 1 is 1.27 bits per heavy atom. The molecule has 0 aliphatic heterocycles. The molecular formula is C16H25O5P. The predicted octanol–water partition coefficient (Wildman–Crippen LogP) is 4.16. The molecule has 1 aliphatic carbocycles. The average molecular weight is 328 g/mol. The zero-order valence-corrected chi connectivity index (χ0v) is 14.3. The van der Waals surface area contributed by atoms with Crippen molar-refractivity contribution >= 4 is 7.82 Å². The minimum absolute atomic E-state index is 0.316. The summed E-state index contributed by atoms with van der Waals surface area (Å²) in [5, 5.41) is 0. The topological polar surface area (TPSA) is 76.0 Å². The van der Waals surface area contributed by atoms with Crippen LogP contribution in [0.2, 0.25) is 0 Å². The first kappa shape index (κ1) is 17.5. The Morgan fingerprint density at radius 3 is 2.45 bits per heavy atom. The van der Waals surface area contributed by atoms with E-state index < -0.39 is 14.6 Å². The molecule has 1 aromatic carbocycles. The number of benzene rings is 1. The number of phosphoric ester groups is 1. The summed E-state index contributed by atoms with van der Waals surface area (Å²) in [5.41, 5.74) is 2.18. The number of para-hydroxylation sites is 1. The first-order chi connectivity index (χ1) is 10.3. The maximum absolute atomic E-state index is 10.8. The monoisotopic (exact) mass is 328 g/mol. The van der Waals surface area contributed by atoms with Gasteiger partial charge in [0.1, 0.15) is 5.75 Å². The molecule has 2 rings (SSSR count). The van der Waals surface area contributed by atoms with Crippen molar-refractivity contribution in [3.05, 3.63) is 29.3 Å². The molecular weight excluding hydrogens is 303 g/mol. The van der Waals surface area contributed by atoms with Crippen LogP contribution in [0.5, 0.6) is 5.75 Å². The molecule has 1 aliphatic rings. The Labute approximate surface area is 131 Å². The molecule has 1 fully saturated rings. The third-order valence-corrected chi connectivity index (χ3v) is 4.90. The van der Waals surface area contributed by atoms with Gasteiger partial charge in [-0.25, -0.2) is 9.09 Å². The fourth-order valence-electron chi connectivity index (χ4n) is 2.71. The summed E-state index contributed by atoms with van der Waals surface area (Å²) in [5.74, 6) is 2.10. The number of rotatable bonds is 8. The third kappa shape index (κ3) is 4.56. The smallest absolute Gasteiger partial charge is 0.466 e. The maximum Gasteiger partial charge on any atom is 0.472 e. The van der Waals surface area contributed by atoms with E-state index in [1.165, 1.54) is 12.8 Å². The van der Waals surface area contributed by atoms with Crippen molar-refractivity contribution in [3.63, 3.8) is 0 Å². The Bertz CT molecular complexity index is 549. The molecule has 0 radical (unpaired) electrons. The fourth-order valence-corrected chi connectivity index (χ4v) is 2.90. The molecule has 0 unspecified atom stereocenters. The average Bonchev–Trinajstić information content (AvgIpc) is 3.29. The molecule has 0 aromatic heterocycles. The normalized spacial score (nSPS) is 18.0. The van der Waals surface area contributed by atoms with Gasteiger partial charge in [-0.2, -0.15) is 0 Å². The highest BCUT2D eigenvalue weighted by atomic mass is 31.2. The van der Waals surface area contributed by atoms with Crippen molar-refractivity contribution in [2.75, 3.05) is 6.79 Å². The van der Waals surface area contributed by atoms with Gasteiger partial charge in [-0.3, -0.25) is 0 Å². The Balaban J connectivity index is 2.26. The quantitative estimate of drug-likeness (QED) is 0.553. The molecule has 0 saturated heterocycles. The second-order valence-electron chi connectivity index (χ2n) is 6.08. The molecule has 22 heavy (non-hydrogen) atoms. The van der Waals surface area contributed by atoms with Gasteiger partial charge in [0.05, 0.1) is 0 Å². The van der Waals surface area contributed by atoms with E-state index in [0.29, 0.717) is 17.8 Å².